The SMILES string of the molecule is COC(CNC[C@H]1C(=O)O[C@@H]2C[C@@]3(C)CCC[C@]4(CO4)[C@H]3C[C@@H]21)OC. The average molecular weight is 353 g/mol. The van der Waals surface area contributed by atoms with Gasteiger partial charge in [0.2, 0.25) is 0 Å². The molecule has 4 rings (SSSR count). The topological polar surface area (TPSA) is 69.3 Å². The number of epoxide rings is 1. The number of ether oxygens (including phenoxy) is 4. The number of carbonyl (C=O) groups is 1. The van der Waals surface area contributed by atoms with Gasteiger partial charge in [0.05, 0.1) is 18.1 Å². The molecule has 4 aliphatic rings. The Morgan fingerprint density at radius 2 is 2.08 bits per heavy atom. The summed E-state index contributed by atoms with van der Waals surface area (Å²) in [6, 6.07) is 0. The molecule has 0 amide bonds. The van der Waals surface area contributed by atoms with Crippen LogP contribution in [0.25, 0.3) is 0 Å². The molecular formula is C19H31NO5. The predicted molar refractivity (Wildman–Crippen MR) is 90.9 cm³/mol. The summed E-state index contributed by atoms with van der Waals surface area (Å²) in [4.78, 5) is 12.5. The van der Waals surface area contributed by atoms with Gasteiger partial charge in [0, 0.05) is 33.2 Å². The number of carbonyl (C=O) groups excluding carboxylic acids is 1. The molecule has 2 heterocycles. The van der Waals surface area contributed by atoms with Crippen molar-refractivity contribution in [1.29, 1.82) is 0 Å². The minimum Gasteiger partial charge on any atom is -0.462 e. The van der Waals surface area contributed by atoms with Gasteiger partial charge in [-0.3, -0.25) is 4.79 Å². The van der Waals surface area contributed by atoms with Crippen LogP contribution in [-0.2, 0) is 23.7 Å². The van der Waals surface area contributed by atoms with Crippen LogP contribution in [-0.4, -0.2) is 57.9 Å². The molecule has 2 aliphatic heterocycles. The molecule has 2 saturated carbocycles. The van der Waals surface area contributed by atoms with E-state index in [-0.39, 0.29) is 35.3 Å². The highest BCUT2D eigenvalue weighted by Crippen LogP contribution is 2.62. The lowest BCUT2D eigenvalue weighted by atomic mass is 9.53. The van der Waals surface area contributed by atoms with Gasteiger partial charge >= 0.3 is 5.97 Å². The minimum absolute atomic E-state index is 0.0399. The molecule has 1 N–H and O–H groups in total. The summed E-state index contributed by atoms with van der Waals surface area (Å²) in [6.07, 6.45) is 5.49. The Hall–Kier alpha value is -0.690. The van der Waals surface area contributed by atoms with Gasteiger partial charge < -0.3 is 24.3 Å². The van der Waals surface area contributed by atoms with E-state index in [1.807, 2.05) is 0 Å². The molecule has 6 atom stereocenters. The Kier molecular flexibility index (Phi) is 4.59. The second kappa shape index (κ2) is 6.48. The number of hydrogen-bond donors (Lipinski definition) is 1. The van der Waals surface area contributed by atoms with Crippen LogP contribution in [0.3, 0.4) is 0 Å². The molecule has 0 aromatic carbocycles. The number of fused-ring (bicyclic) bond motifs is 3. The van der Waals surface area contributed by atoms with E-state index < -0.39 is 0 Å². The number of hydrogen-bond acceptors (Lipinski definition) is 6. The largest absolute Gasteiger partial charge is 0.462 e. The lowest BCUT2D eigenvalue weighted by molar-refractivity contribution is -0.147. The van der Waals surface area contributed by atoms with E-state index in [4.69, 9.17) is 18.9 Å². The van der Waals surface area contributed by atoms with Crippen molar-refractivity contribution in [2.24, 2.45) is 23.2 Å². The van der Waals surface area contributed by atoms with Crippen molar-refractivity contribution < 1.29 is 23.7 Å². The Morgan fingerprint density at radius 3 is 2.76 bits per heavy atom. The van der Waals surface area contributed by atoms with E-state index >= 15 is 0 Å². The van der Waals surface area contributed by atoms with E-state index in [9.17, 15) is 4.79 Å². The maximum absolute atomic E-state index is 12.5. The summed E-state index contributed by atoms with van der Waals surface area (Å²) in [6.45, 7) is 4.49. The van der Waals surface area contributed by atoms with Crippen LogP contribution >= 0.6 is 0 Å². The van der Waals surface area contributed by atoms with Crippen LogP contribution in [0.15, 0.2) is 0 Å². The smallest absolute Gasteiger partial charge is 0.310 e. The zero-order valence-electron chi connectivity index (χ0n) is 15.6. The molecule has 25 heavy (non-hydrogen) atoms. The van der Waals surface area contributed by atoms with Crippen LogP contribution in [0.1, 0.15) is 39.0 Å². The van der Waals surface area contributed by atoms with Crippen LogP contribution in [0.5, 0.6) is 0 Å². The maximum Gasteiger partial charge on any atom is 0.310 e. The highest BCUT2D eigenvalue weighted by atomic mass is 16.7. The zero-order chi connectivity index (χ0) is 17.7. The molecular weight excluding hydrogens is 322 g/mol. The second-order valence-electron chi connectivity index (χ2n) is 8.66. The molecule has 6 heteroatoms. The average Bonchev–Trinajstić information content (AvgIpc) is 3.28. The Morgan fingerprint density at radius 1 is 1.32 bits per heavy atom. The third-order valence-electron chi connectivity index (χ3n) is 7.28. The van der Waals surface area contributed by atoms with E-state index in [0.717, 1.165) is 19.4 Å². The molecule has 1 spiro atoms. The van der Waals surface area contributed by atoms with E-state index in [1.54, 1.807) is 14.2 Å². The van der Waals surface area contributed by atoms with Gasteiger partial charge in [0.15, 0.2) is 6.29 Å². The van der Waals surface area contributed by atoms with E-state index in [2.05, 4.69) is 12.2 Å². The zero-order valence-corrected chi connectivity index (χ0v) is 15.6. The summed E-state index contributed by atoms with van der Waals surface area (Å²) in [5.41, 5.74) is 0.370. The quantitative estimate of drug-likeness (QED) is 0.445. The molecule has 0 radical (unpaired) electrons. The van der Waals surface area contributed by atoms with Crippen molar-refractivity contribution in [2.75, 3.05) is 33.9 Å². The first kappa shape index (κ1) is 17.7. The first-order valence-electron chi connectivity index (χ1n) is 9.62. The van der Waals surface area contributed by atoms with Crippen LogP contribution in [0.4, 0.5) is 0 Å². The Balaban J connectivity index is 1.43. The molecule has 2 saturated heterocycles. The lowest BCUT2D eigenvalue weighted by Crippen LogP contribution is -2.51. The van der Waals surface area contributed by atoms with Gasteiger partial charge in [-0.2, -0.15) is 0 Å². The number of nitrogens with one attached hydrogen (secondary N) is 1. The first-order valence-corrected chi connectivity index (χ1v) is 9.62. The third kappa shape index (κ3) is 3.01. The van der Waals surface area contributed by atoms with Crippen molar-refractivity contribution in [3.8, 4) is 0 Å². The third-order valence-corrected chi connectivity index (χ3v) is 7.28. The van der Waals surface area contributed by atoms with Gasteiger partial charge in [-0.1, -0.05) is 6.92 Å². The monoisotopic (exact) mass is 353 g/mol. The first-order chi connectivity index (χ1) is 12.0. The highest BCUT2D eigenvalue weighted by Gasteiger charge is 2.64. The van der Waals surface area contributed by atoms with Gasteiger partial charge in [-0.05, 0) is 43.4 Å². The molecule has 0 aromatic rings. The molecule has 142 valence electrons. The van der Waals surface area contributed by atoms with Gasteiger partial charge in [-0.15, -0.1) is 0 Å². The molecule has 0 aromatic heterocycles. The van der Waals surface area contributed by atoms with Crippen LogP contribution < -0.4 is 5.32 Å². The summed E-state index contributed by atoms with van der Waals surface area (Å²) in [5.74, 6) is 0.766. The van der Waals surface area contributed by atoms with E-state index in [0.29, 0.717) is 24.9 Å². The standard InChI is InChI=1S/C19H31NO5/c1-18-5-4-6-19(11-24-19)15(18)7-12-13(17(21)25-14(12)8-18)9-20-10-16(22-2)23-3/h12-16,20H,4-11H2,1-3H3/t12-,13-,14-,15+,18-,19+/m1/s1. The Bertz CT molecular complexity index is 518. The van der Waals surface area contributed by atoms with Crippen molar-refractivity contribution in [3.05, 3.63) is 0 Å². The van der Waals surface area contributed by atoms with Crippen LogP contribution in [0, 0.1) is 23.2 Å². The fraction of sp³-hybridized carbons (Fsp3) is 0.947. The predicted octanol–water partition coefficient (Wildman–Crippen LogP) is 1.72. The van der Waals surface area contributed by atoms with Crippen molar-refractivity contribution in [1.82, 2.24) is 5.32 Å². The fourth-order valence-corrected chi connectivity index (χ4v) is 5.81. The van der Waals surface area contributed by atoms with Crippen LogP contribution in [0.2, 0.25) is 0 Å². The number of methoxy groups -OCH3 is 2. The number of rotatable bonds is 6. The minimum atomic E-state index is -0.288. The fourth-order valence-electron chi connectivity index (χ4n) is 5.81. The molecule has 0 unspecified atom stereocenters. The maximum atomic E-state index is 12.5. The summed E-state index contributed by atoms with van der Waals surface area (Å²) < 4.78 is 22.2. The molecule has 4 fully saturated rings. The summed E-state index contributed by atoms with van der Waals surface area (Å²) in [5, 5.41) is 3.33. The van der Waals surface area contributed by atoms with Crippen molar-refractivity contribution >= 4 is 5.97 Å². The van der Waals surface area contributed by atoms with Gasteiger partial charge in [0.25, 0.3) is 0 Å². The molecule has 6 nitrogen and oxygen atoms in total. The summed E-state index contributed by atoms with van der Waals surface area (Å²) in [7, 11) is 3.24. The second-order valence-corrected chi connectivity index (χ2v) is 8.66. The van der Waals surface area contributed by atoms with Gasteiger partial charge in [-0.25, -0.2) is 0 Å². The lowest BCUT2D eigenvalue weighted by Gasteiger charge is -2.51. The van der Waals surface area contributed by atoms with E-state index in [1.165, 1.54) is 19.3 Å². The van der Waals surface area contributed by atoms with Gasteiger partial charge in [0.1, 0.15) is 6.10 Å². The van der Waals surface area contributed by atoms with Crippen molar-refractivity contribution in [2.45, 2.75) is 57.0 Å². The molecule has 2 aliphatic carbocycles. The summed E-state index contributed by atoms with van der Waals surface area (Å²) >= 11 is 0. The Labute approximate surface area is 149 Å². The molecule has 0 bridgehead atoms. The highest BCUT2D eigenvalue weighted by molar-refractivity contribution is 5.75. The number of esters is 1. The van der Waals surface area contributed by atoms with Crippen molar-refractivity contribution in [3.63, 3.8) is 0 Å². The normalized spacial score (nSPS) is 45.4.